The molecule has 2 aromatic rings. The Morgan fingerprint density at radius 2 is 1.96 bits per heavy atom. The van der Waals surface area contributed by atoms with Crippen molar-refractivity contribution in [1.29, 1.82) is 0 Å². The largest absolute Gasteiger partial charge is 0.490 e. The maximum atomic E-state index is 13.9. The normalized spacial score (nSPS) is 17.4. The molecule has 150 valence electrons. The summed E-state index contributed by atoms with van der Waals surface area (Å²) < 4.78 is 24.9. The molecular weight excluding hydrogens is 359 g/mol. The first-order valence-corrected chi connectivity index (χ1v) is 9.58. The van der Waals surface area contributed by atoms with E-state index in [9.17, 15) is 9.18 Å². The van der Waals surface area contributed by atoms with Gasteiger partial charge in [0, 0.05) is 25.7 Å². The number of rotatable bonds is 6. The molecule has 0 aliphatic carbocycles. The standard InChI is InChI=1S/C22H27FN2O3/c1-17-8-9-21(20(23)14-17)27-13-10-19-15-25(12-11-24(19)2)22(26)28-16-18-6-4-3-5-7-18/h3-9,14,19H,10-13,15-16H2,1-2H3/t19-/m1/s1. The van der Waals surface area contributed by atoms with Gasteiger partial charge < -0.3 is 14.4 Å². The number of amides is 1. The number of hydrogen-bond acceptors (Lipinski definition) is 4. The van der Waals surface area contributed by atoms with E-state index < -0.39 is 0 Å². The third-order valence-electron chi connectivity index (χ3n) is 5.04. The lowest BCUT2D eigenvalue weighted by Gasteiger charge is -2.38. The van der Waals surface area contributed by atoms with Gasteiger partial charge in [-0.05, 0) is 43.7 Å². The summed E-state index contributed by atoms with van der Waals surface area (Å²) in [5.41, 5.74) is 1.83. The minimum Gasteiger partial charge on any atom is -0.490 e. The van der Waals surface area contributed by atoms with Crippen LogP contribution in [0.15, 0.2) is 48.5 Å². The zero-order chi connectivity index (χ0) is 19.9. The molecule has 3 rings (SSSR count). The lowest BCUT2D eigenvalue weighted by atomic mass is 10.1. The number of aryl methyl sites for hydroxylation is 1. The highest BCUT2D eigenvalue weighted by Crippen LogP contribution is 2.19. The third kappa shape index (κ3) is 5.45. The van der Waals surface area contributed by atoms with E-state index in [2.05, 4.69) is 4.90 Å². The summed E-state index contributed by atoms with van der Waals surface area (Å²) in [6.07, 6.45) is 0.402. The highest BCUT2D eigenvalue weighted by molar-refractivity contribution is 5.67. The molecule has 1 aliphatic heterocycles. The smallest absolute Gasteiger partial charge is 0.410 e. The molecule has 2 aromatic carbocycles. The molecule has 1 saturated heterocycles. The molecule has 1 aliphatic rings. The average molecular weight is 386 g/mol. The monoisotopic (exact) mass is 386 g/mol. The lowest BCUT2D eigenvalue weighted by molar-refractivity contribution is 0.0506. The highest BCUT2D eigenvalue weighted by Gasteiger charge is 2.28. The van der Waals surface area contributed by atoms with Gasteiger partial charge in [0.25, 0.3) is 0 Å². The van der Waals surface area contributed by atoms with Crippen molar-refractivity contribution in [2.75, 3.05) is 33.3 Å². The summed E-state index contributed by atoms with van der Waals surface area (Å²) >= 11 is 0. The van der Waals surface area contributed by atoms with Gasteiger partial charge >= 0.3 is 6.09 Å². The Hall–Kier alpha value is -2.60. The van der Waals surface area contributed by atoms with E-state index in [-0.39, 0.29) is 30.3 Å². The summed E-state index contributed by atoms with van der Waals surface area (Å²) in [5, 5.41) is 0. The number of carbonyl (C=O) groups is 1. The number of ether oxygens (including phenoxy) is 2. The summed E-state index contributed by atoms with van der Waals surface area (Å²) in [5.74, 6) is -0.0775. The van der Waals surface area contributed by atoms with Crippen LogP contribution in [0, 0.1) is 12.7 Å². The van der Waals surface area contributed by atoms with Gasteiger partial charge in [0.05, 0.1) is 6.61 Å². The van der Waals surface area contributed by atoms with Crippen LogP contribution in [0.4, 0.5) is 9.18 Å². The molecule has 6 heteroatoms. The van der Waals surface area contributed by atoms with E-state index in [0.717, 1.165) is 17.7 Å². The number of carbonyl (C=O) groups excluding carboxylic acids is 1. The zero-order valence-corrected chi connectivity index (χ0v) is 16.4. The first-order valence-electron chi connectivity index (χ1n) is 9.58. The molecule has 28 heavy (non-hydrogen) atoms. The number of likely N-dealkylation sites (N-methyl/N-ethyl adjacent to an activating group) is 1. The van der Waals surface area contributed by atoms with Crippen molar-refractivity contribution < 1.29 is 18.7 Å². The van der Waals surface area contributed by atoms with Crippen molar-refractivity contribution in [3.8, 4) is 5.75 Å². The fourth-order valence-electron chi connectivity index (χ4n) is 3.26. The second kappa shape index (κ2) is 9.55. The molecule has 1 heterocycles. The summed E-state index contributed by atoms with van der Waals surface area (Å²) in [6.45, 7) is 4.48. The molecule has 1 fully saturated rings. The van der Waals surface area contributed by atoms with Gasteiger partial charge in [0.15, 0.2) is 11.6 Å². The molecule has 1 atom stereocenters. The number of hydrogen-bond donors (Lipinski definition) is 0. The number of halogens is 1. The maximum absolute atomic E-state index is 13.9. The lowest BCUT2D eigenvalue weighted by Crippen LogP contribution is -2.53. The second-order valence-electron chi connectivity index (χ2n) is 7.19. The van der Waals surface area contributed by atoms with Gasteiger partial charge in [0.1, 0.15) is 6.61 Å². The second-order valence-corrected chi connectivity index (χ2v) is 7.19. The van der Waals surface area contributed by atoms with Crippen LogP contribution in [0.3, 0.4) is 0 Å². The third-order valence-corrected chi connectivity index (χ3v) is 5.04. The van der Waals surface area contributed by atoms with Crippen LogP contribution in [0.1, 0.15) is 17.5 Å². The Morgan fingerprint density at radius 3 is 2.71 bits per heavy atom. The van der Waals surface area contributed by atoms with Crippen molar-refractivity contribution in [2.45, 2.75) is 26.0 Å². The van der Waals surface area contributed by atoms with E-state index >= 15 is 0 Å². The van der Waals surface area contributed by atoms with Gasteiger partial charge in [-0.2, -0.15) is 0 Å². The van der Waals surface area contributed by atoms with Gasteiger partial charge in [0.2, 0.25) is 0 Å². The minimum atomic E-state index is -0.344. The SMILES string of the molecule is Cc1ccc(OCC[C@@H]2CN(C(=O)OCc3ccccc3)CCN2C)c(F)c1. The van der Waals surface area contributed by atoms with Crippen LogP contribution in [0.2, 0.25) is 0 Å². The Balaban J connectivity index is 1.47. The van der Waals surface area contributed by atoms with Gasteiger partial charge in [-0.3, -0.25) is 4.90 Å². The van der Waals surface area contributed by atoms with Crippen molar-refractivity contribution in [2.24, 2.45) is 0 Å². The molecule has 1 amide bonds. The molecular formula is C22H27FN2O3. The van der Waals surface area contributed by atoms with Crippen LogP contribution < -0.4 is 4.74 Å². The molecule has 0 radical (unpaired) electrons. The van der Waals surface area contributed by atoms with Gasteiger partial charge in [-0.1, -0.05) is 36.4 Å². The fourth-order valence-corrected chi connectivity index (χ4v) is 3.26. The molecule has 0 saturated carbocycles. The summed E-state index contributed by atoms with van der Waals surface area (Å²) in [4.78, 5) is 16.3. The van der Waals surface area contributed by atoms with Crippen LogP contribution >= 0.6 is 0 Å². The van der Waals surface area contributed by atoms with Crippen LogP contribution in [0.5, 0.6) is 5.75 Å². The van der Waals surface area contributed by atoms with Crippen molar-refractivity contribution >= 4 is 6.09 Å². The molecule has 0 unspecified atom stereocenters. The van der Waals surface area contributed by atoms with Crippen LogP contribution in [-0.2, 0) is 11.3 Å². The Kier molecular flexibility index (Phi) is 6.87. The molecule has 0 bridgehead atoms. The summed E-state index contributed by atoms with van der Waals surface area (Å²) in [6, 6.07) is 14.7. The van der Waals surface area contributed by atoms with Crippen LogP contribution in [0.25, 0.3) is 0 Å². The van der Waals surface area contributed by atoms with E-state index in [4.69, 9.17) is 9.47 Å². The Morgan fingerprint density at radius 1 is 1.18 bits per heavy atom. The van der Waals surface area contributed by atoms with E-state index in [0.29, 0.717) is 26.1 Å². The van der Waals surface area contributed by atoms with E-state index in [1.54, 1.807) is 11.0 Å². The molecule has 0 aromatic heterocycles. The molecule has 0 N–H and O–H groups in total. The quantitative estimate of drug-likeness (QED) is 0.756. The first kappa shape index (κ1) is 20.1. The van der Waals surface area contributed by atoms with Gasteiger partial charge in [-0.25, -0.2) is 9.18 Å². The molecule has 5 nitrogen and oxygen atoms in total. The Labute approximate surface area is 165 Å². The average Bonchev–Trinajstić information content (AvgIpc) is 2.70. The van der Waals surface area contributed by atoms with Crippen molar-refractivity contribution in [1.82, 2.24) is 9.80 Å². The number of piperazine rings is 1. The minimum absolute atomic E-state index is 0.145. The predicted molar refractivity (Wildman–Crippen MR) is 106 cm³/mol. The van der Waals surface area contributed by atoms with Crippen molar-refractivity contribution in [3.05, 3.63) is 65.5 Å². The highest BCUT2D eigenvalue weighted by atomic mass is 19.1. The topological polar surface area (TPSA) is 42.0 Å². The van der Waals surface area contributed by atoms with Crippen molar-refractivity contribution in [3.63, 3.8) is 0 Å². The Bertz CT molecular complexity index is 785. The number of nitrogens with zero attached hydrogens (tertiary/aromatic N) is 2. The van der Waals surface area contributed by atoms with E-state index in [1.807, 2.05) is 50.4 Å². The van der Waals surface area contributed by atoms with E-state index in [1.165, 1.54) is 6.07 Å². The number of benzene rings is 2. The fraction of sp³-hybridized carbons (Fsp3) is 0.409. The van der Waals surface area contributed by atoms with Gasteiger partial charge in [-0.15, -0.1) is 0 Å². The summed E-state index contributed by atoms with van der Waals surface area (Å²) in [7, 11) is 2.03. The molecule has 0 spiro atoms. The predicted octanol–water partition coefficient (Wildman–Crippen LogP) is 3.86. The first-order chi connectivity index (χ1) is 13.5. The van der Waals surface area contributed by atoms with Crippen LogP contribution in [-0.4, -0.2) is 55.2 Å². The zero-order valence-electron chi connectivity index (χ0n) is 16.4. The maximum Gasteiger partial charge on any atom is 0.410 e.